The van der Waals surface area contributed by atoms with Crippen molar-refractivity contribution in [1.82, 2.24) is 25.5 Å². The van der Waals surface area contributed by atoms with Crippen LogP contribution in [0.3, 0.4) is 0 Å². The summed E-state index contributed by atoms with van der Waals surface area (Å²) in [7, 11) is 0. The molecule has 2 saturated heterocycles. The Hall–Kier alpha value is -5.06. The van der Waals surface area contributed by atoms with E-state index in [4.69, 9.17) is 26.1 Å². The molecule has 2 N–H and O–H groups in total. The molecule has 3 amide bonds. The predicted octanol–water partition coefficient (Wildman–Crippen LogP) is 6.78. The fraction of sp³-hybridized carbons (Fsp3) is 0.543. The molecule has 60 heavy (non-hydrogen) atoms. The molecule has 3 heterocycles. The van der Waals surface area contributed by atoms with Crippen LogP contribution in [0.15, 0.2) is 54.9 Å². The van der Waals surface area contributed by atoms with Gasteiger partial charge in [0.05, 0.1) is 23.0 Å². The molecule has 2 saturated carbocycles. The minimum Gasteiger partial charge on any atom is -0.490 e. The van der Waals surface area contributed by atoms with Crippen molar-refractivity contribution in [3.05, 3.63) is 76.7 Å². The van der Waals surface area contributed by atoms with Crippen LogP contribution in [0.4, 0.5) is 5.82 Å². The van der Waals surface area contributed by atoms with Crippen LogP contribution in [0.5, 0.6) is 11.5 Å². The maximum atomic E-state index is 13.6. The third kappa shape index (κ3) is 9.15. The number of hydrogen-bond donors (Lipinski definition) is 2. The molecular weight excluding hydrogens is 782 g/mol. The Bertz CT molecular complexity index is 2120. The molecule has 1 unspecified atom stereocenters. The number of nitrogens with zero attached hydrogens (tertiary/aromatic N) is 5. The molecule has 2 aliphatic heterocycles. The van der Waals surface area contributed by atoms with Crippen LogP contribution in [0.1, 0.15) is 113 Å². The summed E-state index contributed by atoms with van der Waals surface area (Å²) in [6, 6.07) is 14.3. The molecule has 1 atom stereocenters. The van der Waals surface area contributed by atoms with E-state index < -0.39 is 11.9 Å². The van der Waals surface area contributed by atoms with Gasteiger partial charge >= 0.3 is 0 Å². The molecule has 3 aromatic rings. The fourth-order valence-electron chi connectivity index (χ4n) is 10.0. The number of piperidine rings is 2. The van der Waals surface area contributed by atoms with Gasteiger partial charge in [0, 0.05) is 79.9 Å². The van der Waals surface area contributed by atoms with E-state index in [1.165, 1.54) is 0 Å². The fourth-order valence-corrected chi connectivity index (χ4v) is 10.2. The lowest BCUT2D eigenvalue weighted by atomic mass is 9.44. The van der Waals surface area contributed by atoms with Crippen molar-refractivity contribution in [2.75, 3.05) is 24.5 Å². The van der Waals surface area contributed by atoms with Gasteiger partial charge in [0.15, 0.2) is 5.78 Å². The van der Waals surface area contributed by atoms with Crippen LogP contribution < -0.4 is 25.0 Å². The third-order valence-electron chi connectivity index (χ3n) is 13.3. The van der Waals surface area contributed by atoms with Crippen molar-refractivity contribution in [3.8, 4) is 17.6 Å². The largest absolute Gasteiger partial charge is 0.490 e. The summed E-state index contributed by atoms with van der Waals surface area (Å²) in [5, 5.41) is 14.6. The molecule has 4 aliphatic rings. The summed E-state index contributed by atoms with van der Waals surface area (Å²) >= 11 is 6.26. The molecule has 7 rings (SSSR count). The van der Waals surface area contributed by atoms with Crippen molar-refractivity contribution in [3.63, 3.8) is 0 Å². The number of nitriles is 1. The number of imide groups is 1. The summed E-state index contributed by atoms with van der Waals surface area (Å²) in [5.74, 6) is 1.43. The molecule has 13 nitrogen and oxygen atoms in total. The number of hydrogen-bond acceptors (Lipinski definition) is 11. The van der Waals surface area contributed by atoms with E-state index >= 15 is 0 Å². The SMILES string of the molecule is CC(C)N(CC1CCN(c2cnc(C(=O)CC3C(C)(C)C(Oc4ccc(C#N)c(Cl)c4)C3(C)C)cn2)CC1)C1CC(Oc2cccc(C(=O)NC3CCC(=O)NC3=O)c2)C1. The van der Waals surface area contributed by atoms with Gasteiger partial charge in [0.25, 0.3) is 5.91 Å². The van der Waals surface area contributed by atoms with Crippen molar-refractivity contribution in [2.45, 2.75) is 117 Å². The van der Waals surface area contributed by atoms with Gasteiger partial charge in [-0.25, -0.2) is 9.97 Å². The topological polar surface area (TPSA) is 167 Å². The lowest BCUT2D eigenvalue weighted by Crippen LogP contribution is -2.66. The Morgan fingerprint density at radius 2 is 1.72 bits per heavy atom. The van der Waals surface area contributed by atoms with Crippen LogP contribution in [0, 0.1) is 34.0 Å². The van der Waals surface area contributed by atoms with E-state index in [9.17, 15) is 24.4 Å². The van der Waals surface area contributed by atoms with Crippen LogP contribution in [-0.4, -0.2) is 88.3 Å². The maximum absolute atomic E-state index is 13.6. The van der Waals surface area contributed by atoms with Gasteiger partial charge < -0.3 is 19.7 Å². The van der Waals surface area contributed by atoms with Gasteiger partial charge in [0.2, 0.25) is 11.8 Å². The number of halogens is 1. The molecule has 4 fully saturated rings. The number of aromatic nitrogens is 2. The molecule has 0 spiro atoms. The number of Topliss-reactive ketones (excluding diaryl/α,β-unsaturated/α-hetero) is 1. The van der Waals surface area contributed by atoms with E-state index in [0.29, 0.717) is 57.8 Å². The van der Waals surface area contributed by atoms with Gasteiger partial charge in [0.1, 0.15) is 47.3 Å². The van der Waals surface area contributed by atoms with E-state index in [0.717, 1.165) is 51.1 Å². The summed E-state index contributed by atoms with van der Waals surface area (Å²) in [6.07, 6.45) is 7.97. The van der Waals surface area contributed by atoms with Crippen molar-refractivity contribution < 1.29 is 28.7 Å². The zero-order chi connectivity index (χ0) is 42.9. The van der Waals surface area contributed by atoms with E-state index in [2.05, 4.69) is 73.0 Å². The number of benzene rings is 2. The van der Waals surface area contributed by atoms with E-state index in [1.54, 1.807) is 48.8 Å². The van der Waals surface area contributed by atoms with Crippen LogP contribution in [0.2, 0.25) is 5.02 Å². The highest BCUT2D eigenvalue weighted by Gasteiger charge is 2.63. The number of anilines is 1. The normalized spacial score (nSPS) is 24.8. The first-order valence-electron chi connectivity index (χ1n) is 21.2. The maximum Gasteiger partial charge on any atom is 0.252 e. The highest BCUT2D eigenvalue weighted by molar-refractivity contribution is 6.31. The van der Waals surface area contributed by atoms with Crippen LogP contribution in [0.25, 0.3) is 0 Å². The van der Waals surface area contributed by atoms with Gasteiger partial charge in [-0.1, -0.05) is 45.4 Å². The van der Waals surface area contributed by atoms with Crippen LogP contribution in [-0.2, 0) is 9.59 Å². The lowest BCUT2D eigenvalue weighted by Gasteiger charge is -2.63. The van der Waals surface area contributed by atoms with E-state index in [-0.39, 0.29) is 59.4 Å². The molecular formula is C46H56ClN7O6. The first-order chi connectivity index (χ1) is 28.5. The number of amides is 3. The molecule has 0 bridgehead atoms. The smallest absolute Gasteiger partial charge is 0.252 e. The molecule has 14 heteroatoms. The Kier molecular flexibility index (Phi) is 12.6. The second-order valence-electron chi connectivity index (χ2n) is 18.4. The quantitative estimate of drug-likeness (QED) is 0.130. The van der Waals surface area contributed by atoms with Crippen LogP contribution >= 0.6 is 11.6 Å². The Morgan fingerprint density at radius 3 is 2.35 bits per heavy atom. The van der Waals surface area contributed by atoms with Crippen molar-refractivity contribution in [1.29, 1.82) is 5.26 Å². The first kappa shape index (κ1) is 43.0. The van der Waals surface area contributed by atoms with Gasteiger partial charge in [-0.15, -0.1) is 0 Å². The number of rotatable bonds is 14. The Balaban J connectivity index is 0.854. The van der Waals surface area contributed by atoms with E-state index in [1.807, 2.05) is 6.07 Å². The molecule has 318 valence electrons. The highest BCUT2D eigenvalue weighted by Crippen LogP contribution is 2.61. The van der Waals surface area contributed by atoms with Crippen molar-refractivity contribution in [2.24, 2.45) is 22.7 Å². The lowest BCUT2D eigenvalue weighted by molar-refractivity contribution is -0.196. The zero-order valence-corrected chi connectivity index (χ0v) is 36.1. The van der Waals surface area contributed by atoms with Gasteiger partial charge in [-0.3, -0.25) is 29.4 Å². The number of ketones is 1. The summed E-state index contributed by atoms with van der Waals surface area (Å²) in [4.78, 5) is 64.2. The number of ether oxygens (including phenoxy) is 2. The third-order valence-corrected chi connectivity index (χ3v) is 13.6. The minimum absolute atomic E-state index is 0.0286. The number of carbonyl (C=O) groups is 4. The second kappa shape index (κ2) is 17.5. The summed E-state index contributed by atoms with van der Waals surface area (Å²) < 4.78 is 12.7. The summed E-state index contributed by atoms with van der Waals surface area (Å²) in [6.45, 7) is 15.8. The van der Waals surface area contributed by atoms with Crippen molar-refractivity contribution >= 4 is 40.9 Å². The van der Waals surface area contributed by atoms with Gasteiger partial charge in [-0.2, -0.15) is 5.26 Å². The molecule has 2 aromatic carbocycles. The monoisotopic (exact) mass is 837 g/mol. The highest BCUT2D eigenvalue weighted by atomic mass is 35.5. The predicted molar refractivity (Wildman–Crippen MR) is 227 cm³/mol. The number of carbonyl (C=O) groups excluding carboxylic acids is 4. The molecule has 1 aromatic heterocycles. The average Bonchev–Trinajstić information content (AvgIpc) is 3.20. The Labute approximate surface area is 357 Å². The Morgan fingerprint density at radius 1 is 1.00 bits per heavy atom. The molecule has 2 aliphatic carbocycles. The summed E-state index contributed by atoms with van der Waals surface area (Å²) in [5.41, 5.74) is 0.618. The van der Waals surface area contributed by atoms with Gasteiger partial charge in [-0.05, 0) is 75.3 Å². The standard InChI is InChI=1S/C46H56ClN7O6/c1-27(2)54(31-19-34(20-31)59-32-9-7-8-29(18-32)42(57)51-36-12-13-41(56)52-43(36)58)26-28-14-16-53(17-15-28)40-25-49-37(24-50-40)38(55)22-39-45(3,4)44(46(39,5)6)60-33-11-10-30(23-48)35(47)21-33/h7-11,18,21,24-25,27-28,31,34,36,39,44H,12-17,19-20,22,26H2,1-6H3,(H,51,57)(H,52,56,58). The number of nitrogens with one attached hydrogen (secondary N) is 2. The second-order valence-corrected chi connectivity index (χ2v) is 18.8. The zero-order valence-electron chi connectivity index (χ0n) is 35.4. The minimum atomic E-state index is -0.732. The first-order valence-corrected chi connectivity index (χ1v) is 21.5. The molecule has 0 radical (unpaired) electrons. The average molecular weight is 838 g/mol.